The summed E-state index contributed by atoms with van der Waals surface area (Å²) < 4.78 is 0. The van der Waals surface area contributed by atoms with E-state index in [2.05, 4.69) is 11.9 Å². The molecule has 1 rings (SSSR count). The molecule has 0 aromatic rings. The summed E-state index contributed by atoms with van der Waals surface area (Å²) in [6.45, 7) is 6.16. The van der Waals surface area contributed by atoms with Crippen molar-refractivity contribution in [3.8, 4) is 0 Å². The van der Waals surface area contributed by atoms with Crippen molar-refractivity contribution in [2.24, 2.45) is 5.92 Å². The van der Waals surface area contributed by atoms with Gasteiger partial charge in [0.1, 0.15) is 0 Å². The Morgan fingerprint density at radius 3 is 2.29 bits per heavy atom. The van der Waals surface area contributed by atoms with Gasteiger partial charge >= 0.3 is 0 Å². The highest BCUT2D eigenvalue weighted by molar-refractivity contribution is 5.78. The number of hydrogen-bond donors (Lipinski definition) is 0. The van der Waals surface area contributed by atoms with Crippen LogP contribution in [0.5, 0.6) is 0 Å². The zero-order chi connectivity index (χ0) is 10.7. The van der Waals surface area contributed by atoms with Crippen molar-refractivity contribution in [1.29, 1.82) is 0 Å². The van der Waals surface area contributed by atoms with Crippen LogP contribution < -0.4 is 0 Å². The molecule has 1 aliphatic heterocycles. The highest BCUT2D eigenvalue weighted by atomic mass is 16.2. The minimum atomic E-state index is 0.125. The largest absolute Gasteiger partial charge is 0.342 e. The second-order valence-corrected chi connectivity index (χ2v) is 4.64. The molecule has 1 fully saturated rings. The third-order valence-corrected chi connectivity index (χ3v) is 3.08. The van der Waals surface area contributed by atoms with Crippen molar-refractivity contribution in [3.05, 3.63) is 0 Å². The molecule has 0 N–H and O–H groups in total. The van der Waals surface area contributed by atoms with Crippen molar-refractivity contribution in [2.75, 3.05) is 27.2 Å². The van der Waals surface area contributed by atoms with E-state index in [0.717, 1.165) is 25.9 Å². The Morgan fingerprint density at radius 1 is 1.36 bits per heavy atom. The summed E-state index contributed by atoms with van der Waals surface area (Å²) in [5.41, 5.74) is 0. The monoisotopic (exact) mass is 198 g/mol. The molecule has 0 aromatic heterocycles. The van der Waals surface area contributed by atoms with Crippen LogP contribution in [0.1, 0.15) is 26.7 Å². The molecule has 0 saturated carbocycles. The summed E-state index contributed by atoms with van der Waals surface area (Å²) in [5.74, 6) is 0.402. The SMILES string of the molecule is CC(C)C(=O)N(C)C1CCN(C)CC1. The van der Waals surface area contributed by atoms with Gasteiger partial charge < -0.3 is 9.80 Å². The first-order valence-corrected chi connectivity index (χ1v) is 5.47. The molecule has 14 heavy (non-hydrogen) atoms. The molecule has 0 unspecified atom stereocenters. The second kappa shape index (κ2) is 4.78. The number of likely N-dealkylation sites (tertiary alicyclic amines) is 1. The molecule has 0 aliphatic carbocycles. The quantitative estimate of drug-likeness (QED) is 0.665. The Hall–Kier alpha value is -0.570. The molecular formula is C11H22N2O. The number of amides is 1. The summed E-state index contributed by atoms with van der Waals surface area (Å²) in [6.07, 6.45) is 2.23. The molecule has 1 aliphatic rings. The molecule has 0 radical (unpaired) electrons. The van der Waals surface area contributed by atoms with Gasteiger partial charge in [-0.15, -0.1) is 0 Å². The minimum absolute atomic E-state index is 0.125. The van der Waals surface area contributed by atoms with Crippen molar-refractivity contribution >= 4 is 5.91 Å². The van der Waals surface area contributed by atoms with Crippen molar-refractivity contribution in [1.82, 2.24) is 9.80 Å². The van der Waals surface area contributed by atoms with Crippen LogP contribution in [0.4, 0.5) is 0 Å². The minimum Gasteiger partial charge on any atom is -0.342 e. The Balaban J connectivity index is 2.45. The van der Waals surface area contributed by atoms with Crippen LogP contribution in [0.25, 0.3) is 0 Å². The normalized spacial score (nSPS) is 20.1. The zero-order valence-electron chi connectivity index (χ0n) is 9.79. The Kier molecular flexibility index (Phi) is 3.93. The average Bonchev–Trinajstić information content (AvgIpc) is 2.16. The van der Waals surface area contributed by atoms with Gasteiger partial charge in [0.25, 0.3) is 0 Å². The summed E-state index contributed by atoms with van der Waals surface area (Å²) >= 11 is 0. The summed E-state index contributed by atoms with van der Waals surface area (Å²) in [7, 11) is 4.08. The predicted molar refractivity (Wildman–Crippen MR) is 58.1 cm³/mol. The van der Waals surface area contributed by atoms with Crippen molar-refractivity contribution in [3.63, 3.8) is 0 Å². The number of carbonyl (C=O) groups is 1. The van der Waals surface area contributed by atoms with Crippen LogP contribution in [-0.2, 0) is 4.79 Å². The van der Waals surface area contributed by atoms with E-state index in [4.69, 9.17) is 0 Å². The fraction of sp³-hybridized carbons (Fsp3) is 0.909. The van der Waals surface area contributed by atoms with Crippen LogP contribution in [0.3, 0.4) is 0 Å². The van der Waals surface area contributed by atoms with Gasteiger partial charge in [-0.05, 0) is 33.0 Å². The lowest BCUT2D eigenvalue weighted by atomic mass is 10.0. The lowest BCUT2D eigenvalue weighted by molar-refractivity contribution is -0.136. The topological polar surface area (TPSA) is 23.6 Å². The van der Waals surface area contributed by atoms with E-state index in [1.807, 2.05) is 25.8 Å². The average molecular weight is 198 g/mol. The molecular weight excluding hydrogens is 176 g/mol. The first kappa shape index (κ1) is 11.5. The van der Waals surface area contributed by atoms with Gasteiger partial charge in [-0.25, -0.2) is 0 Å². The van der Waals surface area contributed by atoms with Crippen LogP contribution >= 0.6 is 0 Å². The van der Waals surface area contributed by atoms with E-state index in [0.29, 0.717) is 6.04 Å². The van der Waals surface area contributed by atoms with Gasteiger partial charge in [0.2, 0.25) is 5.91 Å². The number of piperidine rings is 1. The molecule has 82 valence electrons. The third-order valence-electron chi connectivity index (χ3n) is 3.08. The highest BCUT2D eigenvalue weighted by Crippen LogP contribution is 2.15. The predicted octanol–water partition coefficient (Wildman–Crippen LogP) is 1.19. The Labute approximate surface area is 87.1 Å². The molecule has 1 saturated heterocycles. The molecule has 3 nitrogen and oxygen atoms in total. The maximum atomic E-state index is 11.7. The van der Waals surface area contributed by atoms with Gasteiger partial charge in [0.05, 0.1) is 0 Å². The molecule has 0 aromatic carbocycles. The molecule has 0 bridgehead atoms. The molecule has 1 amide bonds. The van der Waals surface area contributed by atoms with E-state index >= 15 is 0 Å². The molecule has 0 atom stereocenters. The Morgan fingerprint density at radius 2 is 1.86 bits per heavy atom. The van der Waals surface area contributed by atoms with E-state index in [1.54, 1.807) is 0 Å². The van der Waals surface area contributed by atoms with Crippen LogP contribution in [0.2, 0.25) is 0 Å². The van der Waals surface area contributed by atoms with E-state index in [9.17, 15) is 4.79 Å². The molecule has 1 heterocycles. The number of nitrogens with zero attached hydrogens (tertiary/aromatic N) is 2. The summed E-state index contributed by atoms with van der Waals surface area (Å²) in [6, 6.07) is 0.459. The van der Waals surface area contributed by atoms with E-state index in [-0.39, 0.29) is 11.8 Å². The van der Waals surface area contributed by atoms with Gasteiger partial charge in [0, 0.05) is 19.0 Å². The number of rotatable bonds is 2. The maximum absolute atomic E-state index is 11.7. The lowest BCUT2D eigenvalue weighted by Crippen LogP contribution is -2.45. The first-order valence-electron chi connectivity index (χ1n) is 5.47. The van der Waals surface area contributed by atoms with Crippen LogP contribution in [-0.4, -0.2) is 48.9 Å². The number of hydrogen-bond acceptors (Lipinski definition) is 2. The first-order chi connectivity index (χ1) is 6.52. The summed E-state index contributed by atoms with van der Waals surface area (Å²) in [5, 5.41) is 0. The molecule has 0 spiro atoms. The van der Waals surface area contributed by atoms with Crippen molar-refractivity contribution in [2.45, 2.75) is 32.7 Å². The van der Waals surface area contributed by atoms with Gasteiger partial charge in [-0.1, -0.05) is 13.8 Å². The maximum Gasteiger partial charge on any atom is 0.225 e. The van der Waals surface area contributed by atoms with E-state index in [1.165, 1.54) is 0 Å². The zero-order valence-corrected chi connectivity index (χ0v) is 9.79. The Bertz CT molecular complexity index is 195. The van der Waals surface area contributed by atoms with Gasteiger partial charge in [0.15, 0.2) is 0 Å². The fourth-order valence-electron chi connectivity index (χ4n) is 1.97. The highest BCUT2D eigenvalue weighted by Gasteiger charge is 2.24. The second-order valence-electron chi connectivity index (χ2n) is 4.64. The summed E-state index contributed by atoms with van der Waals surface area (Å²) in [4.78, 5) is 16.0. The lowest BCUT2D eigenvalue weighted by Gasteiger charge is -2.35. The standard InChI is InChI=1S/C11H22N2O/c1-9(2)11(14)13(4)10-5-7-12(3)8-6-10/h9-10H,5-8H2,1-4H3. The third kappa shape index (κ3) is 2.71. The smallest absolute Gasteiger partial charge is 0.225 e. The molecule has 3 heteroatoms. The van der Waals surface area contributed by atoms with Crippen molar-refractivity contribution < 1.29 is 4.79 Å². The van der Waals surface area contributed by atoms with Gasteiger partial charge in [-0.3, -0.25) is 4.79 Å². The fourth-order valence-corrected chi connectivity index (χ4v) is 1.97. The van der Waals surface area contributed by atoms with E-state index < -0.39 is 0 Å². The van der Waals surface area contributed by atoms with Gasteiger partial charge in [-0.2, -0.15) is 0 Å². The number of carbonyl (C=O) groups excluding carboxylic acids is 1. The van der Waals surface area contributed by atoms with Crippen LogP contribution in [0, 0.1) is 5.92 Å². The van der Waals surface area contributed by atoms with Crippen LogP contribution in [0.15, 0.2) is 0 Å².